The summed E-state index contributed by atoms with van der Waals surface area (Å²) in [6, 6.07) is 38.8. The second kappa shape index (κ2) is 13.9. The minimum absolute atomic E-state index is 0.289. The molecule has 0 radical (unpaired) electrons. The summed E-state index contributed by atoms with van der Waals surface area (Å²) >= 11 is 0. The Kier molecular flexibility index (Phi) is 9.37. The summed E-state index contributed by atoms with van der Waals surface area (Å²) in [4.78, 5) is 13.0. The Balaban J connectivity index is 1.39. The Hall–Kier alpha value is -4.11. The van der Waals surface area contributed by atoms with Crippen molar-refractivity contribution in [2.45, 2.75) is 50.5 Å². The van der Waals surface area contributed by atoms with Crippen molar-refractivity contribution in [1.82, 2.24) is 0 Å². The molecule has 220 valence electrons. The van der Waals surface area contributed by atoms with E-state index in [1.807, 2.05) is 115 Å². The van der Waals surface area contributed by atoms with Gasteiger partial charge in [-0.05, 0) is 34.2 Å². The number of rotatable bonds is 11. The third-order valence-electron chi connectivity index (χ3n) is 7.55. The summed E-state index contributed by atoms with van der Waals surface area (Å²) in [6.07, 6.45) is -3.65. The van der Waals surface area contributed by atoms with Crippen molar-refractivity contribution < 1.29 is 28.1 Å². The number of benzene rings is 4. The fourth-order valence-electron chi connectivity index (χ4n) is 5.37. The molecule has 1 aromatic heterocycles. The van der Waals surface area contributed by atoms with Gasteiger partial charge in [0.15, 0.2) is 6.29 Å². The molecule has 43 heavy (non-hydrogen) atoms. The van der Waals surface area contributed by atoms with Gasteiger partial charge in [-0.2, -0.15) is 0 Å². The summed E-state index contributed by atoms with van der Waals surface area (Å²) in [5, 5.41) is 1.24. The first-order valence-electron chi connectivity index (χ1n) is 14.4. The Morgan fingerprint density at radius 1 is 0.605 bits per heavy atom. The van der Waals surface area contributed by atoms with Crippen LogP contribution >= 0.6 is 0 Å². The minimum Gasteiger partial charge on any atom is -0.424 e. The number of ether oxygens (including phenoxy) is 5. The first kappa shape index (κ1) is 29.0. The number of hydrogen-bond donors (Lipinski definition) is 0. The van der Waals surface area contributed by atoms with Crippen LogP contribution in [0.2, 0.25) is 0 Å². The topological polar surface area (TPSA) is 76.4 Å². The highest BCUT2D eigenvalue weighted by atomic mass is 16.7. The molecule has 4 aromatic carbocycles. The smallest absolute Gasteiger partial charge is 0.343 e. The van der Waals surface area contributed by atoms with Crippen molar-refractivity contribution in [2.24, 2.45) is 0 Å². The van der Waals surface area contributed by atoms with E-state index in [0.29, 0.717) is 24.4 Å². The second-order valence-corrected chi connectivity index (χ2v) is 10.5. The van der Waals surface area contributed by atoms with Gasteiger partial charge in [0.25, 0.3) is 0 Å². The predicted molar refractivity (Wildman–Crippen MR) is 162 cm³/mol. The van der Waals surface area contributed by atoms with Gasteiger partial charge in [0, 0.05) is 7.11 Å². The summed E-state index contributed by atoms with van der Waals surface area (Å²) in [5.41, 5.74) is 2.54. The molecule has 5 aromatic rings. The molecule has 7 nitrogen and oxygen atoms in total. The van der Waals surface area contributed by atoms with Crippen LogP contribution < -0.4 is 5.63 Å². The quantitative estimate of drug-likeness (QED) is 0.175. The Morgan fingerprint density at radius 2 is 1.09 bits per heavy atom. The molecule has 7 heteroatoms. The summed E-state index contributed by atoms with van der Waals surface area (Å²) in [6.45, 7) is 0.922. The highest BCUT2D eigenvalue weighted by Gasteiger charge is 2.50. The molecule has 1 aliphatic rings. The minimum atomic E-state index is -0.831. The lowest BCUT2D eigenvalue weighted by Crippen LogP contribution is -2.57. The van der Waals surface area contributed by atoms with Crippen molar-refractivity contribution in [3.63, 3.8) is 0 Å². The average molecular weight is 579 g/mol. The van der Waals surface area contributed by atoms with Crippen molar-refractivity contribution in [3.05, 3.63) is 154 Å². The van der Waals surface area contributed by atoms with Crippen LogP contribution in [-0.4, -0.2) is 31.7 Å². The maximum Gasteiger partial charge on any atom is 0.343 e. The average Bonchev–Trinajstić information content (AvgIpc) is 3.06. The van der Waals surface area contributed by atoms with E-state index in [2.05, 4.69) is 0 Å². The van der Waals surface area contributed by atoms with E-state index in [-0.39, 0.29) is 6.61 Å². The lowest BCUT2D eigenvalue weighted by Gasteiger charge is -2.45. The molecule has 6 rings (SSSR count). The van der Waals surface area contributed by atoms with Crippen LogP contribution in [0.15, 0.2) is 131 Å². The van der Waals surface area contributed by atoms with Crippen LogP contribution in [0.1, 0.15) is 28.6 Å². The maximum atomic E-state index is 13.0. The highest BCUT2D eigenvalue weighted by molar-refractivity contribution is 5.81. The number of methoxy groups -OCH3 is 1. The van der Waals surface area contributed by atoms with Crippen LogP contribution in [0.25, 0.3) is 10.8 Å². The SMILES string of the molecule is CO[C@H]1O[C@H](c2cc3ccccc3c(=O)o2)[C@@H](OCc2ccccc2)[C@H](OCc2ccccc2)[C@H]1OCc1ccccc1. The lowest BCUT2D eigenvalue weighted by atomic mass is 9.95. The standard InChI is InChI=1S/C36H34O7/c1-38-36-34(41-24-27-17-9-4-10-18-27)33(40-23-26-15-7-3-8-16-26)32(39-22-25-13-5-2-6-14-25)31(43-36)30-21-28-19-11-12-20-29(28)35(37)42-30/h2-21,31-34,36H,22-24H2,1H3/t31-,32-,33+,34-,36+/m1/s1. The van der Waals surface area contributed by atoms with E-state index in [1.165, 1.54) is 0 Å². The van der Waals surface area contributed by atoms with Crippen LogP contribution in [0.4, 0.5) is 0 Å². The maximum absolute atomic E-state index is 13.0. The zero-order valence-corrected chi connectivity index (χ0v) is 23.9. The van der Waals surface area contributed by atoms with Crippen molar-refractivity contribution >= 4 is 10.8 Å². The third-order valence-corrected chi connectivity index (χ3v) is 7.55. The van der Waals surface area contributed by atoms with Gasteiger partial charge in [-0.15, -0.1) is 0 Å². The van der Waals surface area contributed by atoms with Gasteiger partial charge >= 0.3 is 5.63 Å². The molecule has 0 aliphatic carbocycles. The Morgan fingerprint density at radius 3 is 1.65 bits per heavy atom. The summed E-state index contributed by atoms with van der Waals surface area (Å²) < 4.78 is 38.0. The molecule has 0 unspecified atom stereocenters. The first-order chi connectivity index (χ1) is 21.2. The van der Waals surface area contributed by atoms with E-state index in [1.54, 1.807) is 13.2 Å². The van der Waals surface area contributed by atoms with Gasteiger partial charge in [-0.1, -0.05) is 109 Å². The predicted octanol–water partition coefficient (Wildman–Crippen LogP) is 6.59. The van der Waals surface area contributed by atoms with Gasteiger partial charge in [-0.3, -0.25) is 0 Å². The van der Waals surface area contributed by atoms with E-state index in [9.17, 15) is 4.79 Å². The Labute approximate surface area is 250 Å². The van der Waals surface area contributed by atoms with Gasteiger partial charge in [0.1, 0.15) is 30.2 Å². The summed E-state index contributed by atoms with van der Waals surface area (Å²) in [5.74, 6) is 0.332. The monoisotopic (exact) mass is 578 g/mol. The summed E-state index contributed by atoms with van der Waals surface area (Å²) in [7, 11) is 1.57. The molecule has 1 fully saturated rings. The zero-order valence-electron chi connectivity index (χ0n) is 23.9. The van der Waals surface area contributed by atoms with Gasteiger partial charge in [0.2, 0.25) is 0 Å². The van der Waals surface area contributed by atoms with E-state index >= 15 is 0 Å². The van der Waals surface area contributed by atoms with Crippen LogP contribution in [0, 0.1) is 0 Å². The highest BCUT2D eigenvalue weighted by Crippen LogP contribution is 2.39. The van der Waals surface area contributed by atoms with Crippen molar-refractivity contribution in [3.8, 4) is 0 Å². The molecule has 0 amide bonds. The van der Waals surface area contributed by atoms with E-state index in [0.717, 1.165) is 22.1 Å². The molecule has 1 saturated heterocycles. The number of hydrogen-bond acceptors (Lipinski definition) is 7. The molecule has 5 atom stereocenters. The number of fused-ring (bicyclic) bond motifs is 1. The molecular formula is C36H34O7. The molecule has 0 N–H and O–H groups in total. The van der Waals surface area contributed by atoms with Gasteiger partial charge in [0.05, 0.1) is 25.2 Å². The lowest BCUT2D eigenvalue weighted by molar-refractivity contribution is -0.322. The fourth-order valence-corrected chi connectivity index (χ4v) is 5.37. The van der Waals surface area contributed by atoms with Gasteiger partial charge in [-0.25, -0.2) is 4.79 Å². The molecule has 0 bridgehead atoms. The van der Waals surface area contributed by atoms with Gasteiger partial charge < -0.3 is 28.1 Å². The van der Waals surface area contributed by atoms with Crippen molar-refractivity contribution in [2.75, 3.05) is 7.11 Å². The zero-order chi connectivity index (χ0) is 29.4. The largest absolute Gasteiger partial charge is 0.424 e. The van der Waals surface area contributed by atoms with E-state index in [4.69, 9.17) is 28.1 Å². The molecular weight excluding hydrogens is 544 g/mol. The van der Waals surface area contributed by atoms with Crippen LogP contribution in [0.5, 0.6) is 0 Å². The Bertz CT molecular complexity index is 1640. The first-order valence-corrected chi connectivity index (χ1v) is 14.4. The molecule has 2 heterocycles. The molecule has 0 saturated carbocycles. The third kappa shape index (κ3) is 6.94. The fraction of sp³-hybridized carbons (Fsp3) is 0.250. The second-order valence-electron chi connectivity index (χ2n) is 10.5. The van der Waals surface area contributed by atoms with Crippen LogP contribution in [0.3, 0.4) is 0 Å². The van der Waals surface area contributed by atoms with Crippen LogP contribution in [-0.2, 0) is 43.5 Å². The molecule has 0 spiro atoms. The van der Waals surface area contributed by atoms with Crippen molar-refractivity contribution in [1.29, 1.82) is 0 Å². The normalized spacial score (nSPS) is 22.0. The van der Waals surface area contributed by atoms with E-state index < -0.39 is 36.3 Å². The molecule has 1 aliphatic heterocycles.